The number of nitrogens with two attached hydrogens (primary N) is 1. The molecule has 2 N–H and O–H groups in total. The zero-order chi connectivity index (χ0) is 9.97. The molecule has 0 saturated heterocycles. The molecule has 1 fully saturated rings. The predicted octanol–water partition coefficient (Wildman–Crippen LogP) is 1.25. The number of hydrogen-bond acceptors (Lipinski definition) is 3. The molecule has 0 bridgehead atoms. The number of carbonyl (C=O) groups excluding carboxylic acids is 1. The summed E-state index contributed by atoms with van der Waals surface area (Å²) in [7, 11) is 0. The van der Waals surface area contributed by atoms with Crippen molar-refractivity contribution < 1.29 is 4.79 Å². The fourth-order valence-electron chi connectivity index (χ4n) is 1.89. The molecule has 0 spiro atoms. The number of carbonyl (C=O) groups is 1. The van der Waals surface area contributed by atoms with E-state index in [0.29, 0.717) is 18.2 Å². The third-order valence-electron chi connectivity index (χ3n) is 2.97. The first-order valence-electron chi connectivity index (χ1n) is 4.98. The van der Waals surface area contributed by atoms with E-state index in [-0.39, 0.29) is 11.7 Å². The van der Waals surface area contributed by atoms with Gasteiger partial charge in [-0.15, -0.1) is 0 Å². The zero-order valence-electron chi connectivity index (χ0n) is 8.02. The first kappa shape index (κ1) is 9.34. The maximum atomic E-state index is 11.9. The molecular formula is C11H14N2O. The van der Waals surface area contributed by atoms with Gasteiger partial charge < -0.3 is 5.73 Å². The maximum absolute atomic E-state index is 11.9. The molecule has 0 unspecified atom stereocenters. The van der Waals surface area contributed by atoms with Crippen LogP contribution in [0.4, 0.5) is 0 Å². The largest absolute Gasteiger partial charge is 0.330 e. The first-order valence-corrected chi connectivity index (χ1v) is 4.98. The number of rotatable bonds is 3. The van der Waals surface area contributed by atoms with Crippen LogP contribution in [0.25, 0.3) is 0 Å². The van der Waals surface area contributed by atoms with E-state index in [4.69, 9.17) is 5.73 Å². The second kappa shape index (κ2) is 3.88. The summed E-state index contributed by atoms with van der Waals surface area (Å²) in [5, 5.41) is 0. The van der Waals surface area contributed by atoms with Crippen molar-refractivity contribution in [1.82, 2.24) is 4.98 Å². The van der Waals surface area contributed by atoms with Crippen molar-refractivity contribution in [1.29, 1.82) is 0 Å². The van der Waals surface area contributed by atoms with Crippen molar-refractivity contribution in [3.63, 3.8) is 0 Å². The van der Waals surface area contributed by atoms with Gasteiger partial charge in [0.15, 0.2) is 5.78 Å². The highest BCUT2D eigenvalue weighted by atomic mass is 16.1. The van der Waals surface area contributed by atoms with Gasteiger partial charge in [-0.3, -0.25) is 9.78 Å². The van der Waals surface area contributed by atoms with Crippen molar-refractivity contribution in [3.05, 3.63) is 30.1 Å². The zero-order valence-corrected chi connectivity index (χ0v) is 8.02. The number of aromatic nitrogens is 1. The van der Waals surface area contributed by atoms with Crippen molar-refractivity contribution in [2.75, 3.05) is 6.54 Å². The smallest absolute Gasteiger partial charge is 0.184 e. The Morgan fingerprint density at radius 2 is 2.36 bits per heavy atom. The van der Waals surface area contributed by atoms with Gasteiger partial charge in [-0.05, 0) is 37.4 Å². The molecule has 3 nitrogen and oxygen atoms in total. The van der Waals surface area contributed by atoms with Gasteiger partial charge in [-0.25, -0.2) is 0 Å². The van der Waals surface area contributed by atoms with E-state index in [1.165, 1.54) is 0 Å². The monoisotopic (exact) mass is 190 g/mol. The van der Waals surface area contributed by atoms with E-state index in [1.807, 2.05) is 12.1 Å². The standard InChI is InChI=1S/C11H14N2O/c12-7-8-4-5-9(8)11(14)10-3-1-2-6-13-10/h1-3,6,8-9H,4-5,7,12H2/t8-,9-/m1/s1. The summed E-state index contributed by atoms with van der Waals surface area (Å²) in [6.07, 6.45) is 3.71. The minimum atomic E-state index is 0.120. The fraction of sp³-hybridized carbons (Fsp3) is 0.455. The molecule has 0 aliphatic heterocycles. The Hall–Kier alpha value is -1.22. The maximum Gasteiger partial charge on any atom is 0.184 e. The highest BCUT2D eigenvalue weighted by molar-refractivity contribution is 5.96. The lowest BCUT2D eigenvalue weighted by atomic mass is 9.71. The Bertz CT molecular complexity index is 321. The number of pyridine rings is 1. The van der Waals surface area contributed by atoms with Crippen molar-refractivity contribution in [2.24, 2.45) is 17.6 Å². The quantitative estimate of drug-likeness (QED) is 0.730. The molecule has 1 aliphatic rings. The third kappa shape index (κ3) is 1.55. The van der Waals surface area contributed by atoms with Crippen LogP contribution in [0, 0.1) is 11.8 Å². The van der Waals surface area contributed by atoms with Gasteiger partial charge >= 0.3 is 0 Å². The fourth-order valence-corrected chi connectivity index (χ4v) is 1.89. The summed E-state index contributed by atoms with van der Waals surface area (Å²) in [6.45, 7) is 0.614. The summed E-state index contributed by atoms with van der Waals surface area (Å²) in [6, 6.07) is 5.43. The van der Waals surface area contributed by atoms with Crippen molar-refractivity contribution >= 4 is 5.78 Å². The van der Waals surface area contributed by atoms with E-state index in [1.54, 1.807) is 12.3 Å². The number of nitrogens with zero attached hydrogens (tertiary/aromatic N) is 1. The van der Waals surface area contributed by atoms with E-state index in [2.05, 4.69) is 4.98 Å². The van der Waals surface area contributed by atoms with Crippen LogP contribution in [0.5, 0.6) is 0 Å². The molecule has 1 heterocycles. The lowest BCUT2D eigenvalue weighted by Crippen LogP contribution is -2.38. The van der Waals surface area contributed by atoms with Crippen LogP contribution in [0.2, 0.25) is 0 Å². The Labute approximate surface area is 83.3 Å². The van der Waals surface area contributed by atoms with Crippen LogP contribution in [0.1, 0.15) is 23.3 Å². The summed E-state index contributed by atoms with van der Waals surface area (Å²) in [4.78, 5) is 15.9. The molecule has 1 aromatic heterocycles. The molecule has 1 aromatic rings. The van der Waals surface area contributed by atoms with Gasteiger partial charge in [0.05, 0.1) is 0 Å². The van der Waals surface area contributed by atoms with Crippen LogP contribution in [-0.4, -0.2) is 17.3 Å². The molecule has 74 valence electrons. The van der Waals surface area contributed by atoms with E-state index >= 15 is 0 Å². The number of ketones is 1. The number of Topliss-reactive ketones (excluding diaryl/α,β-unsaturated/α-hetero) is 1. The summed E-state index contributed by atoms with van der Waals surface area (Å²) < 4.78 is 0. The first-order chi connectivity index (χ1) is 6.83. The van der Waals surface area contributed by atoms with E-state index < -0.39 is 0 Å². The summed E-state index contributed by atoms with van der Waals surface area (Å²) >= 11 is 0. The molecule has 0 radical (unpaired) electrons. The van der Waals surface area contributed by atoms with E-state index in [9.17, 15) is 4.79 Å². The average Bonchev–Trinajstić information content (AvgIpc) is 2.18. The Morgan fingerprint density at radius 3 is 2.86 bits per heavy atom. The highest BCUT2D eigenvalue weighted by Gasteiger charge is 2.36. The molecular weight excluding hydrogens is 176 g/mol. The van der Waals surface area contributed by atoms with Gasteiger partial charge in [0.2, 0.25) is 0 Å². The van der Waals surface area contributed by atoms with Gasteiger partial charge in [-0.1, -0.05) is 6.07 Å². The molecule has 3 heteroatoms. The summed E-state index contributed by atoms with van der Waals surface area (Å²) in [5.74, 6) is 0.659. The van der Waals surface area contributed by atoms with Gasteiger partial charge in [0.25, 0.3) is 0 Å². The molecule has 0 amide bonds. The summed E-state index contributed by atoms with van der Waals surface area (Å²) in [5.41, 5.74) is 6.15. The van der Waals surface area contributed by atoms with Gasteiger partial charge in [-0.2, -0.15) is 0 Å². The Kier molecular flexibility index (Phi) is 2.59. The molecule has 2 atom stereocenters. The lowest BCUT2D eigenvalue weighted by molar-refractivity contribution is 0.0744. The van der Waals surface area contributed by atoms with Crippen molar-refractivity contribution in [2.45, 2.75) is 12.8 Å². The second-order valence-electron chi connectivity index (χ2n) is 3.76. The van der Waals surface area contributed by atoms with Crippen LogP contribution in [-0.2, 0) is 0 Å². The predicted molar refractivity (Wildman–Crippen MR) is 53.8 cm³/mol. The molecule has 1 saturated carbocycles. The Morgan fingerprint density at radius 1 is 1.50 bits per heavy atom. The topological polar surface area (TPSA) is 56.0 Å². The molecule has 0 aromatic carbocycles. The SMILES string of the molecule is NC[C@H]1CC[C@H]1C(=O)c1ccccn1. The second-order valence-corrected chi connectivity index (χ2v) is 3.76. The van der Waals surface area contributed by atoms with Gasteiger partial charge in [0.1, 0.15) is 5.69 Å². The molecule has 2 rings (SSSR count). The number of hydrogen-bond donors (Lipinski definition) is 1. The normalized spacial score (nSPS) is 25.5. The van der Waals surface area contributed by atoms with E-state index in [0.717, 1.165) is 12.8 Å². The van der Waals surface area contributed by atoms with Crippen molar-refractivity contribution in [3.8, 4) is 0 Å². The lowest BCUT2D eigenvalue weighted by Gasteiger charge is -2.34. The molecule has 1 aliphatic carbocycles. The Balaban J connectivity index is 2.09. The minimum Gasteiger partial charge on any atom is -0.330 e. The van der Waals surface area contributed by atoms with Crippen LogP contribution < -0.4 is 5.73 Å². The van der Waals surface area contributed by atoms with Crippen LogP contribution in [0.3, 0.4) is 0 Å². The highest BCUT2D eigenvalue weighted by Crippen LogP contribution is 2.35. The van der Waals surface area contributed by atoms with Crippen LogP contribution >= 0.6 is 0 Å². The van der Waals surface area contributed by atoms with Gasteiger partial charge in [0, 0.05) is 12.1 Å². The average molecular weight is 190 g/mol. The molecule has 14 heavy (non-hydrogen) atoms. The minimum absolute atomic E-state index is 0.120. The third-order valence-corrected chi connectivity index (χ3v) is 2.97. The van der Waals surface area contributed by atoms with Crippen LogP contribution in [0.15, 0.2) is 24.4 Å².